The SMILES string of the molecule is Cc1cc(CC#N)cc(Br)c1I. The molecular weight excluding hydrogens is 329 g/mol. The Morgan fingerprint density at radius 1 is 1.58 bits per heavy atom. The summed E-state index contributed by atoms with van der Waals surface area (Å²) in [5.74, 6) is 0. The normalized spacial score (nSPS) is 9.50. The van der Waals surface area contributed by atoms with Crippen LogP contribution in [0.2, 0.25) is 0 Å². The van der Waals surface area contributed by atoms with Crippen molar-refractivity contribution >= 4 is 38.5 Å². The molecule has 0 amide bonds. The van der Waals surface area contributed by atoms with Crippen LogP contribution in [-0.2, 0) is 6.42 Å². The van der Waals surface area contributed by atoms with Crippen LogP contribution >= 0.6 is 38.5 Å². The van der Waals surface area contributed by atoms with Crippen molar-refractivity contribution in [2.45, 2.75) is 13.3 Å². The number of halogens is 2. The molecule has 1 nitrogen and oxygen atoms in total. The Kier molecular flexibility index (Phi) is 3.53. The standard InChI is InChI=1S/C9H7BrIN/c1-6-4-7(2-3-12)5-8(10)9(6)11/h4-5H,2H2,1H3. The van der Waals surface area contributed by atoms with Gasteiger partial charge in [-0.05, 0) is 62.6 Å². The summed E-state index contributed by atoms with van der Waals surface area (Å²) in [5, 5.41) is 8.50. The highest BCUT2D eigenvalue weighted by atomic mass is 127. The van der Waals surface area contributed by atoms with E-state index >= 15 is 0 Å². The van der Waals surface area contributed by atoms with Crippen LogP contribution in [0.1, 0.15) is 11.1 Å². The van der Waals surface area contributed by atoms with E-state index in [1.54, 1.807) is 0 Å². The molecule has 0 spiro atoms. The molecule has 0 radical (unpaired) electrons. The highest BCUT2D eigenvalue weighted by molar-refractivity contribution is 14.1. The highest BCUT2D eigenvalue weighted by Gasteiger charge is 2.02. The highest BCUT2D eigenvalue weighted by Crippen LogP contribution is 2.24. The Balaban J connectivity index is 3.14. The molecule has 1 aromatic rings. The molecule has 12 heavy (non-hydrogen) atoms. The molecule has 0 fully saturated rings. The van der Waals surface area contributed by atoms with E-state index in [0.717, 1.165) is 10.0 Å². The lowest BCUT2D eigenvalue weighted by molar-refractivity contribution is 1.23. The van der Waals surface area contributed by atoms with Crippen LogP contribution < -0.4 is 0 Å². The second-order valence-corrected chi connectivity index (χ2v) is 4.48. The van der Waals surface area contributed by atoms with Gasteiger partial charge in [0.05, 0.1) is 12.5 Å². The van der Waals surface area contributed by atoms with Gasteiger partial charge < -0.3 is 0 Å². The lowest BCUT2D eigenvalue weighted by Crippen LogP contribution is -1.88. The summed E-state index contributed by atoms with van der Waals surface area (Å²) >= 11 is 5.73. The van der Waals surface area contributed by atoms with E-state index in [1.807, 2.05) is 13.0 Å². The van der Waals surface area contributed by atoms with Gasteiger partial charge in [0.15, 0.2) is 0 Å². The Morgan fingerprint density at radius 2 is 2.25 bits per heavy atom. The topological polar surface area (TPSA) is 23.8 Å². The molecule has 1 rings (SSSR count). The molecule has 0 atom stereocenters. The molecular formula is C9H7BrIN. The summed E-state index contributed by atoms with van der Waals surface area (Å²) in [6, 6.07) is 6.18. The van der Waals surface area contributed by atoms with E-state index in [2.05, 4.69) is 50.7 Å². The Hall–Kier alpha value is -0.0800. The fourth-order valence-corrected chi connectivity index (χ4v) is 1.91. The lowest BCUT2D eigenvalue weighted by Gasteiger charge is -2.03. The molecule has 0 saturated heterocycles. The maximum Gasteiger partial charge on any atom is 0.0669 e. The van der Waals surface area contributed by atoms with Gasteiger partial charge in [0.25, 0.3) is 0 Å². The van der Waals surface area contributed by atoms with Crippen LogP contribution in [0.5, 0.6) is 0 Å². The number of hydrogen-bond acceptors (Lipinski definition) is 1. The van der Waals surface area contributed by atoms with Crippen molar-refractivity contribution in [2.24, 2.45) is 0 Å². The molecule has 0 saturated carbocycles. The van der Waals surface area contributed by atoms with Crippen molar-refractivity contribution in [3.05, 3.63) is 31.3 Å². The molecule has 0 aliphatic carbocycles. The molecule has 62 valence electrons. The molecule has 0 aliphatic heterocycles. The zero-order valence-corrected chi connectivity index (χ0v) is 10.3. The first-order chi connectivity index (χ1) is 5.65. The van der Waals surface area contributed by atoms with Crippen molar-refractivity contribution < 1.29 is 0 Å². The maximum absolute atomic E-state index is 8.50. The number of nitriles is 1. The van der Waals surface area contributed by atoms with Gasteiger partial charge in [-0.3, -0.25) is 0 Å². The van der Waals surface area contributed by atoms with Crippen molar-refractivity contribution in [2.75, 3.05) is 0 Å². The van der Waals surface area contributed by atoms with Crippen LogP contribution in [0.4, 0.5) is 0 Å². The third-order valence-corrected chi connectivity index (χ3v) is 4.35. The van der Waals surface area contributed by atoms with Gasteiger partial charge in [-0.2, -0.15) is 5.26 Å². The van der Waals surface area contributed by atoms with Gasteiger partial charge in [0.1, 0.15) is 0 Å². The van der Waals surface area contributed by atoms with Gasteiger partial charge in [0, 0.05) is 8.04 Å². The van der Waals surface area contributed by atoms with E-state index in [-0.39, 0.29) is 0 Å². The molecule has 0 heterocycles. The third-order valence-electron chi connectivity index (χ3n) is 1.55. The maximum atomic E-state index is 8.50. The molecule has 0 N–H and O–H groups in total. The Bertz CT molecular complexity index is 318. The van der Waals surface area contributed by atoms with E-state index in [1.165, 1.54) is 9.13 Å². The van der Waals surface area contributed by atoms with Crippen LogP contribution in [0.15, 0.2) is 16.6 Å². The van der Waals surface area contributed by atoms with Crippen molar-refractivity contribution in [3.8, 4) is 6.07 Å². The number of benzene rings is 1. The minimum absolute atomic E-state index is 0.482. The second kappa shape index (κ2) is 4.24. The number of rotatable bonds is 1. The van der Waals surface area contributed by atoms with E-state index in [0.29, 0.717) is 6.42 Å². The minimum Gasteiger partial charge on any atom is -0.198 e. The van der Waals surface area contributed by atoms with E-state index in [9.17, 15) is 0 Å². The first kappa shape index (κ1) is 10.0. The van der Waals surface area contributed by atoms with E-state index in [4.69, 9.17) is 5.26 Å². The minimum atomic E-state index is 0.482. The van der Waals surface area contributed by atoms with Crippen LogP contribution in [0, 0.1) is 21.8 Å². The molecule has 1 aromatic carbocycles. The Morgan fingerprint density at radius 3 is 2.75 bits per heavy atom. The summed E-state index contributed by atoms with van der Waals surface area (Å²) < 4.78 is 2.29. The van der Waals surface area contributed by atoms with Gasteiger partial charge >= 0.3 is 0 Å². The zero-order chi connectivity index (χ0) is 9.14. The predicted octanol–water partition coefficient (Wildman–Crippen LogP) is 3.43. The lowest BCUT2D eigenvalue weighted by atomic mass is 10.1. The summed E-state index contributed by atoms with van der Waals surface area (Å²) in [7, 11) is 0. The molecule has 0 bridgehead atoms. The summed E-state index contributed by atoms with van der Waals surface area (Å²) in [5.41, 5.74) is 2.29. The second-order valence-electron chi connectivity index (χ2n) is 2.54. The summed E-state index contributed by atoms with van der Waals surface area (Å²) in [6.07, 6.45) is 0.482. The number of nitrogens with zero attached hydrogens (tertiary/aromatic N) is 1. The van der Waals surface area contributed by atoms with Crippen LogP contribution in [0.3, 0.4) is 0 Å². The van der Waals surface area contributed by atoms with E-state index < -0.39 is 0 Å². The van der Waals surface area contributed by atoms with Crippen molar-refractivity contribution in [1.82, 2.24) is 0 Å². The quantitative estimate of drug-likeness (QED) is 0.721. The fourth-order valence-electron chi connectivity index (χ4n) is 0.991. The fraction of sp³-hybridized carbons (Fsp3) is 0.222. The van der Waals surface area contributed by atoms with Crippen LogP contribution in [0.25, 0.3) is 0 Å². The largest absolute Gasteiger partial charge is 0.198 e. The van der Waals surface area contributed by atoms with Crippen LogP contribution in [-0.4, -0.2) is 0 Å². The van der Waals surface area contributed by atoms with Crippen molar-refractivity contribution in [3.63, 3.8) is 0 Å². The predicted molar refractivity (Wildman–Crippen MR) is 60.9 cm³/mol. The van der Waals surface area contributed by atoms with Gasteiger partial charge in [-0.15, -0.1) is 0 Å². The first-order valence-corrected chi connectivity index (χ1v) is 5.34. The summed E-state index contributed by atoms with van der Waals surface area (Å²) in [4.78, 5) is 0. The Labute approximate surface area is 94.0 Å². The third kappa shape index (κ3) is 2.20. The molecule has 0 aliphatic rings. The summed E-state index contributed by atoms with van der Waals surface area (Å²) in [6.45, 7) is 2.05. The van der Waals surface area contributed by atoms with Gasteiger partial charge in [0.2, 0.25) is 0 Å². The average Bonchev–Trinajstić information content (AvgIpc) is 2.01. The smallest absolute Gasteiger partial charge is 0.0669 e. The first-order valence-electron chi connectivity index (χ1n) is 3.46. The van der Waals surface area contributed by atoms with Gasteiger partial charge in [-0.1, -0.05) is 6.07 Å². The molecule has 0 unspecified atom stereocenters. The average molecular weight is 336 g/mol. The number of aryl methyl sites for hydroxylation is 1. The molecule has 0 aromatic heterocycles. The zero-order valence-electron chi connectivity index (χ0n) is 6.56. The monoisotopic (exact) mass is 335 g/mol. The number of hydrogen-bond donors (Lipinski definition) is 0. The molecule has 3 heteroatoms. The van der Waals surface area contributed by atoms with Gasteiger partial charge in [-0.25, -0.2) is 0 Å². The van der Waals surface area contributed by atoms with Crippen molar-refractivity contribution in [1.29, 1.82) is 5.26 Å².